The monoisotopic (exact) mass is 360 g/mol. The van der Waals surface area contributed by atoms with Crippen LogP contribution in [0.25, 0.3) is 0 Å². The third kappa shape index (κ3) is 5.10. The molecular weight excluding hydrogens is 332 g/mol. The zero-order valence-electron chi connectivity index (χ0n) is 15.1. The van der Waals surface area contributed by atoms with Gasteiger partial charge in [-0.2, -0.15) is 0 Å². The molecule has 0 aromatic heterocycles. The molecule has 0 aliphatic heterocycles. The highest BCUT2D eigenvalue weighted by molar-refractivity contribution is 6.30. The summed E-state index contributed by atoms with van der Waals surface area (Å²) in [6, 6.07) is 8.41. The van der Waals surface area contributed by atoms with Crippen LogP contribution in [0, 0.1) is 11.8 Å². The average Bonchev–Trinajstić information content (AvgIpc) is 2.63. The smallest absolute Gasteiger partial charge is 0.330 e. The summed E-state index contributed by atoms with van der Waals surface area (Å²) < 4.78 is 5.52. The zero-order chi connectivity index (χ0) is 17.6. The first-order valence-corrected chi connectivity index (χ1v) is 10.1. The number of hydrogen-bond donors (Lipinski definition) is 0. The molecule has 0 radical (unpaired) electrons. The van der Waals surface area contributed by atoms with Crippen molar-refractivity contribution < 1.29 is 9.53 Å². The molecule has 0 heterocycles. The first kappa shape index (κ1) is 18.5. The predicted molar refractivity (Wildman–Crippen MR) is 103 cm³/mol. The van der Waals surface area contributed by atoms with Crippen LogP contribution >= 0.6 is 11.6 Å². The third-order valence-corrected chi connectivity index (χ3v) is 6.34. The SMILES string of the molecule is CC=CC(=O)OC1CCC(C2CCC(c3ccc(Cl)cc3)CC2)CC1. The van der Waals surface area contributed by atoms with E-state index >= 15 is 0 Å². The van der Waals surface area contributed by atoms with Gasteiger partial charge in [0.2, 0.25) is 0 Å². The average molecular weight is 361 g/mol. The minimum absolute atomic E-state index is 0.130. The maximum atomic E-state index is 11.6. The Morgan fingerprint density at radius 3 is 2.08 bits per heavy atom. The van der Waals surface area contributed by atoms with Gasteiger partial charge in [-0.15, -0.1) is 0 Å². The summed E-state index contributed by atoms with van der Waals surface area (Å²) in [5, 5.41) is 0.823. The van der Waals surface area contributed by atoms with E-state index in [4.69, 9.17) is 16.3 Å². The van der Waals surface area contributed by atoms with E-state index in [0.29, 0.717) is 5.92 Å². The van der Waals surface area contributed by atoms with Crippen LogP contribution in [0.1, 0.15) is 69.8 Å². The molecule has 0 saturated heterocycles. The Morgan fingerprint density at radius 2 is 1.52 bits per heavy atom. The molecule has 0 spiro atoms. The molecule has 0 amide bonds. The van der Waals surface area contributed by atoms with Crippen molar-refractivity contribution in [1.29, 1.82) is 0 Å². The maximum absolute atomic E-state index is 11.6. The summed E-state index contributed by atoms with van der Waals surface area (Å²) in [5.74, 6) is 2.19. The highest BCUT2D eigenvalue weighted by atomic mass is 35.5. The lowest BCUT2D eigenvalue weighted by molar-refractivity contribution is -0.145. The van der Waals surface area contributed by atoms with Crippen molar-refractivity contribution in [3.05, 3.63) is 47.0 Å². The maximum Gasteiger partial charge on any atom is 0.330 e. The van der Waals surface area contributed by atoms with Crippen molar-refractivity contribution in [1.82, 2.24) is 0 Å². The number of rotatable bonds is 4. The fourth-order valence-electron chi connectivity index (χ4n) is 4.68. The van der Waals surface area contributed by atoms with Gasteiger partial charge in [-0.05, 0) is 93.7 Å². The highest BCUT2D eigenvalue weighted by Gasteiger charge is 2.32. The van der Waals surface area contributed by atoms with E-state index in [1.807, 2.05) is 19.1 Å². The molecule has 2 saturated carbocycles. The number of carbonyl (C=O) groups excluding carboxylic acids is 1. The topological polar surface area (TPSA) is 26.3 Å². The highest BCUT2D eigenvalue weighted by Crippen LogP contribution is 2.43. The summed E-state index contributed by atoms with van der Waals surface area (Å²) >= 11 is 6.00. The second-order valence-electron chi connectivity index (χ2n) is 7.64. The molecule has 2 fully saturated rings. The van der Waals surface area contributed by atoms with E-state index < -0.39 is 0 Å². The van der Waals surface area contributed by atoms with Crippen LogP contribution in [0.15, 0.2) is 36.4 Å². The molecule has 1 aromatic rings. The Hall–Kier alpha value is -1.28. The largest absolute Gasteiger partial charge is 0.459 e. The van der Waals surface area contributed by atoms with Crippen molar-refractivity contribution in [2.75, 3.05) is 0 Å². The van der Waals surface area contributed by atoms with Crippen molar-refractivity contribution in [3.63, 3.8) is 0 Å². The van der Waals surface area contributed by atoms with Crippen LogP contribution < -0.4 is 0 Å². The number of benzene rings is 1. The number of carbonyl (C=O) groups is 1. The number of esters is 1. The number of ether oxygens (including phenoxy) is 1. The number of allylic oxidation sites excluding steroid dienone is 1. The third-order valence-electron chi connectivity index (χ3n) is 6.08. The zero-order valence-corrected chi connectivity index (χ0v) is 15.9. The summed E-state index contributed by atoms with van der Waals surface area (Å²) in [5.41, 5.74) is 1.45. The predicted octanol–water partition coefficient (Wildman–Crippen LogP) is 6.29. The summed E-state index contributed by atoms with van der Waals surface area (Å²) in [4.78, 5) is 11.6. The number of hydrogen-bond acceptors (Lipinski definition) is 2. The van der Waals surface area contributed by atoms with Crippen LogP contribution in [-0.2, 0) is 9.53 Å². The quantitative estimate of drug-likeness (QED) is 0.465. The van der Waals surface area contributed by atoms with Gasteiger partial charge in [-0.3, -0.25) is 0 Å². The van der Waals surface area contributed by atoms with Gasteiger partial charge in [0.1, 0.15) is 6.10 Å². The second-order valence-corrected chi connectivity index (χ2v) is 8.07. The fourth-order valence-corrected chi connectivity index (χ4v) is 4.80. The molecule has 3 rings (SSSR count). The van der Waals surface area contributed by atoms with Crippen LogP contribution in [0.2, 0.25) is 5.02 Å². The van der Waals surface area contributed by atoms with Crippen molar-refractivity contribution in [2.45, 2.75) is 70.3 Å². The molecule has 25 heavy (non-hydrogen) atoms. The van der Waals surface area contributed by atoms with Gasteiger partial charge in [-0.25, -0.2) is 4.79 Å². The Bertz CT molecular complexity index is 577. The number of halogens is 1. The van der Waals surface area contributed by atoms with Gasteiger partial charge in [0, 0.05) is 11.1 Å². The first-order valence-electron chi connectivity index (χ1n) is 9.74. The second kappa shape index (κ2) is 8.89. The molecule has 2 aliphatic rings. The molecule has 136 valence electrons. The Labute approximate surface area is 156 Å². The molecule has 0 atom stereocenters. The van der Waals surface area contributed by atoms with Gasteiger partial charge in [-0.1, -0.05) is 29.8 Å². The van der Waals surface area contributed by atoms with Gasteiger partial charge >= 0.3 is 5.97 Å². The molecule has 3 heteroatoms. The van der Waals surface area contributed by atoms with E-state index in [0.717, 1.165) is 29.7 Å². The van der Waals surface area contributed by atoms with E-state index in [1.54, 1.807) is 6.08 Å². The van der Waals surface area contributed by atoms with E-state index in [2.05, 4.69) is 12.1 Å². The van der Waals surface area contributed by atoms with Crippen LogP contribution in [0.4, 0.5) is 0 Å². The molecule has 2 aliphatic carbocycles. The summed E-state index contributed by atoms with van der Waals surface area (Å²) in [6.07, 6.45) is 13.1. The standard InChI is InChI=1S/C22H29ClO2/c1-2-3-22(24)25-21-14-10-19(11-15-21)17-6-4-16(5-7-17)18-8-12-20(23)13-9-18/h2-3,8-9,12-13,16-17,19,21H,4-7,10-11,14-15H2,1H3. The van der Waals surface area contributed by atoms with Crippen molar-refractivity contribution in [3.8, 4) is 0 Å². The van der Waals surface area contributed by atoms with E-state index in [9.17, 15) is 4.79 Å². The first-order chi connectivity index (χ1) is 12.2. The van der Waals surface area contributed by atoms with Crippen LogP contribution in [-0.4, -0.2) is 12.1 Å². The normalized spacial score (nSPS) is 30.3. The minimum Gasteiger partial charge on any atom is -0.459 e. The molecule has 0 bridgehead atoms. The van der Waals surface area contributed by atoms with Gasteiger partial charge in [0.05, 0.1) is 0 Å². The molecular formula is C22H29ClO2. The lowest BCUT2D eigenvalue weighted by Crippen LogP contribution is -2.29. The van der Waals surface area contributed by atoms with E-state index in [-0.39, 0.29) is 12.1 Å². The Morgan fingerprint density at radius 1 is 0.960 bits per heavy atom. The Balaban J connectivity index is 1.43. The summed E-state index contributed by atoms with van der Waals surface area (Å²) in [7, 11) is 0. The van der Waals surface area contributed by atoms with E-state index in [1.165, 1.54) is 50.2 Å². The molecule has 2 nitrogen and oxygen atoms in total. The Kier molecular flexibility index (Phi) is 6.58. The van der Waals surface area contributed by atoms with Crippen LogP contribution in [0.3, 0.4) is 0 Å². The minimum atomic E-state index is -0.186. The van der Waals surface area contributed by atoms with Gasteiger partial charge in [0.15, 0.2) is 0 Å². The molecule has 1 aromatic carbocycles. The van der Waals surface area contributed by atoms with Crippen LogP contribution in [0.5, 0.6) is 0 Å². The fraction of sp³-hybridized carbons (Fsp3) is 0.591. The molecule has 0 N–H and O–H groups in total. The molecule has 0 unspecified atom stereocenters. The lowest BCUT2D eigenvalue weighted by Gasteiger charge is -2.37. The van der Waals surface area contributed by atoms with Crippen molar-refractivity contribution >= 4 is 17.6 Å². The van der Waals surface area contributed by atoms with Crippen molar-refractivity contribution in [2.24, 2.45) is 11.8 Å². The lowest BCUT2D eigenvalue weighted by atomic mass is 9.69. The van der Waals surface area contributed by atoms with Gasteiger partial charge < -0.3 is 4.74 Å². The summed E-state index contributed by atoms with van der Waals surface area (Å²) in [6.45, 7) is 1.85. The van der Waals surface area contributed by atoms with Gasteiger partial charge in [0.25, 0.3) is 0 Å².